The van der Waals surface area contributed by atoms with Crippen LogP contribution in [0.15, 0.2) is 59.7 Å². The highest BCUT2D eigenvalue weighted by atomic mass is 19.4. The molecule has 0 unspecified atom stereocenters. The van der Waals surface area contributed by atoms with Crippen molar-refractivity contribution in [3.05, 3.63) is 88.5 Å². The second-order valence-corrected chi connectivity index (χ2v) is 6.42. The van der Waals surface area contributed by atoms with E-state index in [1.54, 1.807) is 18.2 Å². The van der Waals surface area contributed by atoms with E-state index in [2.05, 4.69) is 10.5 Å². The zero-order valence-electron chi connectivity index (χ0n) is 15.6. The van der Waals surface area contributed by atoms with Gasteiger partial charge in [-0.05, 0) is 56.3 Å². The van der Waals surface area contributed by atoms with E-state index in [0.29, 0.717) is 11.3 Å². The molecule has 0 saturated heterocycles. The topological polar surface area (TPSA) is 46.4 Å². The normalized spacial score (nSPS) is 11.8. The SMILES string of the molecule is Cc1cc(/C=N\NC(=O)c2cccc(C(F)(F)F)c2)c(C)n1-c1cccc(F)c1. The van der Waals surface area contributed by atoms with Gasteiger partial charge in [-0.15, -0.1) is 0 Å². The molecule has 0 radical (unpaired) electrons. The smallest absolute Gasteiger partial charge is 0.318 e. The summed E-state index contributed by atoms with van der Waals surface area (Å²) in [5.74, 6) is -1.12. The third-order valence-corrected chi connectivity index (χ3v) is 4.36. The Kier molecular flexibility index (Phi) is 5.54. The number of amides is 1. The van der Waals surface area contributed by atoms with E-state index in [1.165, 1.54) is 24.4 Å². The third-order valence-electron chi connectivity index (χ3n) is 4.36. The molecular formula is C21H17F4N3O. The summed E-state index contributed by atoms with van der Waals surface area (Å²) in [4.78, 5) is 12.1. The van der Waals surface area contributed by atoms with Crippen molar-refractivity contribution in [2.24, 2.45) is 5.10 Å². The highest BCUT2D eigenvalue weighted by Gasteiger charge is 2.30. The van der Waals surface area contributed by atoms with Crippen molar-refractivity contribution in [2.75, 3.05) is 0 Å². The van der Waals surface area contributed by atoms with Gasteiger partial charge < -0.3 is 4.57 Å². The Morgan fingerprint density at radius 2 is 1.79 bits per heavy atom. The largest absolute Gasteiger partial charge is 0.416 e. The average molecular weight is 403 g/mol. The first kappa shape index (κ1) is 20.3. The summed E-state index contributed by atoms with van der Waals surface area (Å²) >= 11 is 0. The first-order chi connectivity index (χ1) is 13.7. The summed E-state index contributed by atoms with van der Waals surface area (Å²) in [5.41, 5.74) is 4.09. The zero-order chi connectivity index (χ0) is 21.2. The number of aryl methyl sites for hydroxylation is 1. The Morgan fingerprint density at radius 1 is 1.07 bits per heavy atom. The number of rotatable bonds is 4. The van der Waals surface area contributed by atoms with E-state index >= 15 is 0 Å². The van der Waals surface area contributed by atoms with Crippen molar-refractivity contribution >= 4 is 12.1 Å². The van der Waals surface area contributed by atoms with Gasteiger partial charge in [0.25, 0.3) is 5.91 Å². The fraction of sp³-hybridized carbons (Fsp3) is 0.143. The average Bonchev–Trinajstić information content (AvgIpc) is 2.94. The minimum absolute atomic E-state index is 0.151. The van der Waals surface area contributed by atoms with Crippen LogP contribution in [-0.4, -0.2) is 16.7 Å². The van der Waals surface area contributed by atoms with Crippen LogP contribution in [-0.2, 0) is 6.18 Å². The molecule has 8 heteroatoms. The molecule has 0 aliphatic carbocycles. The molecule has 0 atom stereocenters. The van der Waals surface area contributed by atoms with Gasteiger partial charge in [-0.25, -0.2) is 9.82 Å². The van der Waals surface area contributed by atoms with Crippen LogP contribution in [0.1, 0.15) is 32.9 Å². The van der Waals surface area contributed by atoms with Crippen LogP contribution in [0, 0.1) is 19.7 Å². The van der Waals surface area contributed by atoms with Gasteiger partial charge >= 0.3 is 6.18 Å². The van der Waals surface area contributed by atoms with Crippen LogP contribution in [0.2, 0.25) is 0 Å². The number of carbonyl (C=O) groups excluding carboxylic acids is 1. The summed E-state index contributed by atoms with van der Waals surface area (Å²) < 4.78 is 53.7. The molecule has 0 bridgehead atoms. The minimum atomic E-state index is -4.53. The van der Waals surface area contributed by atoms with Crippen LogP contribution < -0.4 is 5.43 Å². The van der Waals surface area contributed by atoms with Gasteiger partial charge in [-0.2, -0.15) is 18.3 Å². The highest BCUT2D eigenvalue weighted by Crippen LogP contribution is 2.29. The van der Waals surface area contributed by atoms with E-state index in [1.807, 2.05) is 18.4 Å². The van der Waals surface area contributed by atoms with Crippen molar-refractivity contribution in [3.63, 3.8) is 0 Å². The second kappa shape index (κ2) is 7.90. The molecule has 3 aromatic rings. The predicted molar refractivity (Wildman–Crippen MR) is 102 cm³/mol. The molecule has 1 amide bonds. The maximum atomic E-state index is 13.5. The van der Waals surface area contributed by atoms with Gasteiger partial charge in [-0.1, -0.05) is 12.1 Å². The first-order valence-corrected chi connectivity index (χ1v) is 8.62. The Balaban J connectivity index is 1.78. The summed E-state index contributed by atoms with van der Waals surface area (Å²) in [7, 11) is 0. The number of hydrazone groups is 1. The molecule has 150 valence electrons. The quantitative estimate of drug-likeness (QED) is 0.371. The Labute approximate surface area is 164 Å². The molecule has 29 heavy (non-hydrogen) atoms. The number of benzene rings is 2. The molecule has 2 aromatic carbocycles. The van der Waals surface area contributed by atoms with Crippen LogP contribution >= 0.6 is 0 Å². The molecule has 0 saturated carbocycles. The lowest BCUT2D eigenvalue weighted by atomic mass is 10.1. The minimum Gasteiger partial charge on any atom is -0.318 e. The van der Waals surface area contributed by atoms with Crippen LogP contribution in [0.5, 0.6) is 0 Å². The number of alkyl halides is 3. The van der Waals surface area contributed by atoms with Crippen LogP contribution in [0.25, 0.3) is 5.69 Å². The number of halogens is 4. The standard InChI is InChI=1S/C21H17F4N3O/c1-13-9-16(14(2)28(13)19-8-4-7-18(22)11-19)12-26-27-20(29)15-5-3-6-17(10-15)21(23,24)25/h3-12H,1-2H3,(H,27,29)/b26-12-. The maximum absolute atomic E-state index is 13.5. The number of nitrogens with one attached hydrogen (secondary N) is 1. The van der Waals surface area contributed by atoms with Crippen molar-refractivity contribution < 1.29 is 22.4 Å². The lowest BCUT2D eigenvalue weighted by Crippen LogP contribution is -2.18. The van der Waals surface area contributed by atoms with Crippen LogP contribution in [0.4, 0.5) is 17.6 Å². The molecular weight excluding hydrogens is 386 g/mol. The zero-order valence-corrected chi connectivity index (χ0v) is 15.6. The molecule has 1 heterocycles. The molecule has 3 rings (SSSR count). The molecule has 1 N–H and O–H groups in total. The molecule has 0 spiro atoms. The van der Waals surface area contributed by atoms with Gasteiger partial charge in [0.1, 0.15) is 5.82 Å². The lowest BCUT2D eigenvalue weighted by Gasteiger charge is -2.09. The summed E-state index contributed by atoms with van der Waals surface area (Å²) in [6.45, 7) is 3.66. The van der Waals surface area contributed by atoms with Gasteiger partial charge in [0.15, 0.2) is 0 Å². The van der Waals surface area contributed by atoms with E-state index in [9.17, 15) is 22.4 Å². The number of carbonyl (C=O) groups is 1. The number of aromatic nitrogens is 1. The van der Waals surface area contributed by atoms with Crippen molar-refractivity contribution in [2.45, 2.75) is 20.0 Å². The Morgan fingerprint density at radius 3 is 2.48 bits per heavy atom. The van der Waals surface area contributed by atoms with Crippen molar-refractivity contribution in [3.8, 4) is 5.69 Å². The Bertz CT molecular complexity index is 1080. The number of hydrogen-bond donors (Lipinski definition) is 1. The highest BCUT2D eigenvalue weighted by molar-refractivity contribution is 5.95. The van der Waals surface area contributed by atoms with E-state index in [4.69, 9.17) is 0 Å². The Hall–Kier alpha value is -3.42. The van der Waals surface area contributed by atoms with Crippen molar-refractivity contribution in [1.29, 1.82) is 0 Å². The molecule has 0 aliphatic rings. The third kappa shape index (κ3) is 4.53. The van der Waals surface area contributed by atoms with E-state index in [0.717, 1.165) is 29.6 Å². The van der Waals surface area contributed by atoms with Gasteiger partial charge in [-0.3, -0.25) is 4.79 Å². The molecule has 0 fully saturated rings. The van der Waals surface area contributed by atoms with Crippen LogP contribution in [0.3, 0.4) is 0 Å². The summed E-state index contributed by atoms with van der Waals surface area (Å²) in [6.07, 6.45) is -3.14. The van der Waals surface area contributed by atoms with Gasteiger partial charge in [0.2, 0.25) is 0 Å². The summed E-state index contributed by atoms with van der Waals surface area (Å²) in [5, 5.41) is 3.84. The fourth-order valence-electron chi connectivity index (χ4n) is 2.99. The second-order valence-electron chi connectivity index (χ2n) is 6.42. The first-order valence-electron chi connectivity index (χ1n) is 8.62. The molecule has 4 nitrogen and oxygen atoms in total. The maximum Gasteiger partial charge on any atom is 0.416 e. The van der Waals surface area contributed by atoms with Crippen molar-refractivity contribution in [1.82, 2.24) is 9.99 Å². The lowest BCUT2D eigenvalue weighted by molar-refractivity contribution is -0.137. The van der Waals surface area contributed by atoms with Gasteiger partial charge in [0, 0.05) is 28.2 Å². The predicted octanol–water partition coefficient (Wildman–Crippen LogP) is 5.02. The monoisotopic (exact) mass is 403 g/mol. The number of hydrogen-bond acceptors (Lipinski definition) is 2. The fourth-order valence-corrected chi connectivity index (χ4v) is 2.99. The van der Waals surface area contributed by atoms with E-state index < -0.39 is 17.6 Å². The number of nitrogens with zero attached hydrogens (tertiary/aromatic N) is 2. The van der Waals surface area contributed by atoms with Gasteiger partial charge in [0.05, 0.1) is 11.8 Å². The van der Waals surface area contributed by atoms with E-state index in [-0.39, 0.29) is 11.4 Å². The molecule has 1 aromatic heterocycles. The summed E-state index contributed by atoms with van der Waals surface area (Å²) in [6, 6.07) is 12.0. The molecule has 0 aliphatic heterocycles.